The fourth-order valence-corrected chi connectivity index (χ4v) is 3.63. The third-order valence-corrected chi connectivity index (χ3v) is 5.57. The molecule has 0 atom stereocenters. The number of rotatable bonds is 6. The molecule has 0 saturated carbocycles. The van der Waals surface area contributed by atoms with Gasteiger partial charge in [-0.05, 0) is 60.7 Å². The van der Waals surface area contributed by atoms with Crippen LogP contribution >= 0.6 is 23.2 Å². The van der Waals surface area contributed by atoms with Crippen molar-refractivity contribution in [2.45, 2.75) is 0 Å². The molecule has 3 aromatic rings. The van der Waals surface area contributed by atoms with Crippen molar-refractivity contribution in [2.75, 3.05) is 22.6 Å². The molecule has 0 aromatic heterocycles. The number of anilines is 3. The van der Waals surface area contributed by atoms with Crippen LogP contribution in [0.25, 0.3) is 0 Å². The normalized spacial score (nSPS) is 13.4. The monoisotopic (exact) mass is 499 g/mol. The summed E-state index contributed by atoms with van der Waals surface area (Å²) in [6.45, 7) is 0. The van der Waals surface area contributed by atoms with E-state index in [0.29, 0.717) is 22.8 Å². The lowest BCUT2D eigenvalue weighted by molar-refractivity contribution is -0.120. The zero-order chi connectivity index (χ0) is 24.4. The molecule has 0 unspecified atom stereocenters. The van der Waals surface area contributed by atoms with Gasteiger partial charge < -0.3 is 15.4 Å². The average Bonchev–Trinajstić information content (AvgIpc) is 3.04. The van der Waals surface area contributed by atoms with Gasteiger partial charge >= 0.3 is 0 Å². The van der Waals surface area contributed by atoms with Crippen LogP contribution in [0.1, 0.15) is 10.4 Å². The lowest BCUT2D eigenvalue weighted by Crippen LogP contribution is -2.32. The highest BCUT2D eigenvalue weighted by Gasteiger charge is 2.39. The summed E-state index contributed by atoms with van der Waals surface area (Å²) < 4.78 is 18.4. The van der Waals surface area contributed by atoms with E-state index in [9.17, 15) is 18.8 Å². The number of carbonyl (C=O) groups excluding carboxylic acids is 3. The van der Waals surface area contributed by atoms with E-state index in [1.807, 2.05) is 0 Å². The molecular formula is C24H16Cl2FN3O4. The fraction of sp³-hybridized carbons (Fsp3) is 0.0417. The molecule has 3 aromatic carbocycles. The van der Waals surface area contributed by atoms with Gasteiger partial charge in [-0.25, -0.2) is 9.29 Å². The van der Waals surface area contributed by atoms with Crippen molar-refractivity contribution in [2.24, 2.45) is 0 Å². The largest absolute Gasteiger partial charge is 0.497 e. The quantitative estimate of drug-likeness (QED) is 0.456. The van der Waals surface area contributed by atoms with Gasteiger partial charge in [0.25, 0.3) is 17.7 Å². The third kappa shape index (κ3) is 4.59. The van der Waals surface area contributed by atoms with E-state index in [2.05, 4.69) is 10.6 Å². The van der Waals surface area contributed by atoms with Gasteiger partial charge in [0.1, 0.15) is 22.3 Å². The van der Waals surface area contributed by atoms with Crippen LogP contribution < -0.4 is 20.3 Å². The molecule has 0 saturated heterocycles. The number of benzene rings is 3. The Labute approximate surface area is 203 Å². The Morgan fingerprint density at radius 3 is 2.35 bits per heavy atom. The molecule has 0 spiro atoms. The Balaban J connectivity index is 1.52. The average molecular weight is 500 g/mol. The second-order valence-corrected chi connectivity index (χ2v) is 7.91. The lowest BCUT2D eigenvalue weighted by atomic mass is 10.1. The Kier molecular flexibility index (Phi) is 6.54. The predicted molar refractivity (Wildman–Crippen MR) is 128 cm³/mol. The van der Waals surface area contributed by atoms with Gasteiger partial charge in [0.2, 0.25) is 0 Å². The lowest BCUT2D eigenvalue weighted by Gasteiger charge is -2.15. The molecule has 1 aliphatic heterocycles. The van der Waals surface area contributed by atoms with Gasteiger partial charge in [0, 0.05) is 16.9 Å². The number of hydrogen-bond donors (Lipinski definition) is 2. The molecule has 7 nitrogen and oxygen atoms in total. The van der Waals surface area contributed by atoms with Crippen LogP contribution in [0.15, 0.2) is 77.5 Å². The predicted octanol–water partition coefficient (Wildman–Crippen LogP) is 5.18. The molecule has 3 amide bonds. The number of imide groups is 1. The van der Waals surface area contributed by atoms with Crippen LogP contribution in [0.2, 0.25) is 5.02 Å². The molecule has 172 valence electrons. The summed E-state index contributed by atoms with van der Waals surface area (Å²) >= 11 is 11.9. The van der Waals surface area contributed by atoms with Crippen molar-refractivity contribution in [1.29, 1.82) is 0 Å². The second kappa shape index (κ2) is 9.54. The summed E-state index contributed by atoms with van der Waals surface area (Å²) in [7, 11) is 1.50. The Morgan fingerprint density at radius 2 is 1.68 bits per heavy atom. The second-order valence-electron chi connectivity index (χ2n) is 7.12. The summed E-state index contributed by atoms with van der Waals surface area (Å²) in [5, 5.41) is 5.04. The van der Waals surface area contributed by atoms with E-state index >= 15 is 0 Å². The van der Waals surface area contributed by atoms with Gasteiger partial charge in [-0.1, -0.05) is 29.3 Å². The minimum absolute atomic E-state index is 0.120. The molecular weight excluding hydrogens is 484 g/mol. The number of halogens is 3. The van der Waals surface area contributed by atoms with E-state index < -0.39 is 23.5 Å². The SMILES string of the molecule is COc1ccc(N2C(=O)C(Cl)=C(Nc3cccc(C(=O)Nc4ccc(F)c(Cl)c4)c3)C2=O)cc1. The molecule has 0 bridgehead atoms. The minimum Gasteiger partial charge on any atom is -0.497 e. The van der Waals surface area contributed by atoms with Crippen LogP contribution in [0.3, 0.4) is 0 Å². The smallest absolute Gasteiger partial charge is 0.283 e. The molecule has 0 fully saturated rings. The van der Waals surface area contributed by atoms with E-state index in [1.54, 1.807) is 42.5 Å². The first-order valence-electron chi connectivity index (χ1n) is 9.84. The number of nitrogens with one attached hydrogen (secondary N) is 2. The van der Waals surface area contributed by atoms with Crippen LogP contribution in [0.5, 0.6) is 5.75 Å². The summed E-state index contributed by atoms with van der Waals surface area (Å²) in [4.78, 5) is 39.2. The number of amides is 3. The molecule has 0 aliphatic carbocycles. The number of carbonyl (C=O) groups is 3. The summed E-state index contributed by atoms with van der Waals surface area (Å²) in [6, 6.07) is 16.4. The van der Waals surface area contributed by atoms with Crippen LogP contribution in [-0.4, -0.2) is 24.8 Å². The molecule has 10 heteroatoms. The summed E-state index contributed by atoms with van der Waals surface area (Å²) in [5.41, 5.74) is 1.12. The van der Waals surface area contributed by atoms with Gasteiger partial charge in [-0.15, -0.1) is 0 Å². The first-order valence-corrected chi connectivity index (χ1v) is 10.6. The van der Waals surface area contributed by atoms with Crippen molar-refractivity contribution < 1.29 is 23.5 Å². The third-order valence-electron chi connectivity index (χ3n) is 4.93. The highest BCUT2D eigenvalue weighted by Crippen LogP contribution is 2.31. The minimum atomic E-state index is -0.679. The number of ether oxygens (including phenoxy) is 1. The zero-order valence-corrected chi connectivity index (χ0v) is 19.1. The standard InChI is InChI=1S/C24H16Cl2FN3O4/c1-34-17-8-6-16(7-9-17)30-23(32)20(26)21(24(30)33)28-14-4-2-3-13(11-14)22(31)29-15-5-10-19(27)18(25)12-15/h2-12,28H,1H3,(H,29,31). The van der Waals surface area contributed by atoms with Gasteiger partial charge in [0.15, 0.2) is 0 Å². The molecule has 2 N–H and O–H groups in total. The van der Waals surface area contributed by atoms with Crippen LogP contribution in [0.4, 0.5) is 21.5 Å². The zero-order valence-electron chi connectivity index (χ0n) is 17.6. The molecule has 1 aliphatic rings. The molecule has 0 radical (unpaired) electrons. The van der Waals surface area contributed by atoms with Gasteiger partial charge in [-0.2, -0.15) is 0 Å². The Hall–Kier alpha value is -3.88. The van der Waals surface area contributed by atoms with E-state index in [1.165, 1.54) is 25.3 Å². The Bertz CT molecular complexity index is 1340. The molecule has 4 rings (SSSR count). The molecule has 34 heavy (non-hydrogen) atoms. The van der Waals surface area contributed by atoms with Crippen molar-refractivity contribution in [3.05, 3.63) is 93.9 Å². The molecule has 1 heterocycles. The van der Waals surface area contributed by atoms with Crippen molar-refractivity contribution >= 4 is 58.0 Å². The van der Waals surface area contributed by atoms with Crippen molar-refractivity contribution in [3.63, 3.8) is 0 Å². The fourth-order valence-electron chi connectivity index (χ4n) is 3.24. The van der Waals surface area contributed by atoms with Crippen LogP contribution in [0, 0.1) is 5.82 Å². The Morgan fingerprint density at radius 1 is 0.941 bits per heavy atom. The van der Waals surface area contributed by atoms with Crippen molar-refractivity contribution in [3.8, 4) is 5.75 Å². The summed E-state index contributed by atoms with van der Waals surface area (Å²) in [6.07, 6.45) is 0. The number of methoxy groups -OCH3 is 1. The maximum Gasteiger partial charge on any atom is 0.283 e. The van der Waals surface area contributed by atoms with Gasteiger partial charge in [-0.3, -0.25) is 14.4 Å². The van der Waals surface area contributed by atoms with E-state index in [-0.39, 0.29) is 21.3 Å². The topological polar surface area (TPSA) is 87.7 Å². The van der Waals surface area contributed by atoms with Crippen LogP contribution in [-0.2, 0) is 9.59 Å². The maximum absolute atomic E-state index is 13.3. The first kappa shape index (κ1) is 23.3. The van der Waals surface area contributed by atoms with Gasteiger partial charge in [0.05, 0.1) is 17.8 Å². The first-order chi connectivity index (χ1) is 16.3. The highest BCUT2D eigenvalue weighted by atomic mass is 35.5. The number of nitrogens with zero attached hydrogens (tertiary/aromatic N) is 1. The van der Waals surface area contributed by atoms with E-state index in [0.717, 1.165) is 11.0 Å². The van der Waals surface area contributed by atoms with Crippen molar-refractivity contribution in [1.82, 2.24) is 0 Å². The van der Waals surface area contributed by atoms with E-state index in [4.69, 9.17) is 27.9 Å². The highest BCUT2D eigenvalue weighted by molar-refractivity contribution is 6.53. The summed E-state index contributed by atoms with van der Waals surface area (Å²) in [5.74, 6) is -1.84. The number of hydrogen-bond acceptors (Lipinski definition) is 5. The maximum atomic E-state index is 13.3.